The van der Waals surface area contributed by atoms with Gasteiger partial charge in [0.05, 0.1) is 5.57 Å². The topological polar surface area (TPSA) is 27.6 Å². The third-order valence-electron chi connectivity index (χ3n) is 3.47. The molecular weight excluding hydrogens is 260 g/mol. The number of nitrogens with zero attached hydrogens (tertiary/aromatic N) is 2. The monoisotopic (exact) mass is 273 g/mol. The lowest BCUT2D eigenvalue weighted by Crippen LogP contribution is -2.42. The van der Waals surface area contributed by atoms with Crippen LogP contribution in [0, 0.1) is 5.92 Å². The zero-order valence-corrected chi connectivity index (χ0v) is 10.7. The molecule has 1 saturated carbocycles. The van der Waals surface area contributed by atoms with Crippen molar-refractivity contribution < 1.29 is 8.78 Å². The molecule has 3 rings (SSSR count). The highest BCUT2D eigenvalue weighted by Crippen LogP contribution is 2.39. The molecule has 0 bridgehead atoms. The van der Waals surface area contributed by atoms with Crippen LogP contribution in [0.15, 0.2) is 27.4 Å². The van der Waals surface area contributed by atoms with Gasteiger partial charge in [-0.15, -0.1) is 0 Å². The van der Waals surface area contributed by atoms with E-state index in [0.29, 0.717) is 18.2 Å². The van der Waals surface area contributed by atoms with Crippen LogP contribution in [0.4, 0.5) is 8.78 Å². The molecule has 2 heterocycles. The molecule has 0 spiro atoms. The molecular formula is C12H14ClF2N3. The summed E-state index contributed by atoms with van der Waals surface area (Å²) in [5.74, 6) is 1.21. The fraction of sp³-hybridized carbons (Fsp3) is 0.583. The molecule has 1 fully saturated rings. The van der Waals surface area contributed by atoms with Gasteiger partial charge in [-0.05, 0) is 36.8 Å². The van der Waals surface area contributed by atoms with Gasteiger partial charge >= 0.3 is 0 Å². The van der Waals surface area contributed by atoms with Crippen molar-refractivity contribution in [2.75, 3.05) is 0 Å². The van der Waals surface area contributed by atoms with Crippen molar-refractivity contribution in [3.05, 3.63) is 22.4 Å². The minimum absolute atomic E-state index is 0.0132. The van der Waals surface area contributed by atoms with Crippen LogP contribution < -0.4 is 5.43 Å². The van der Waals surface area contributed by atoms with E-state index in [1.54, 1.807) is 0 Å². The van der Waals surface area contributed by atoms with Gasteiger partial charge in [0.25, 0.3) is 6.43 Å². The number of hydrogen-bond donors (Lipinski definition) is 1. The maximum atomic E-state index is 12.9. The van der Waals surface area contributed by atoms with Crippen LogP contribution in [0.25, 0.3) is 0 Å². The predicted molar refractivity (Wildman–Crippen MR) is 66.2 cm³/mol. The van der Waals surface area contributed by atoms with Gasteiger partial charge in [0.2, 0.25) is 0 Å². The van der Waals surface area contributed by atoms with Crippen LogP contribution in [-0.2, 0) is 0 Å². The van der Waals surface area contributed by atoms with Gasteiger partial charge in [0.15, 0.2) is 0 Å². The smallest absolute Gasteiger partial charge is 0.246 e. The molecule has 1 aliphatic carbocycles. The second-order valence-corrected chi connectivity index (χ2v) is 5.13. The van der Waals surface area contributed by atoms with Gasteiger partial charge in [-0.25, -0.2) is 24.2 Å². The standard InChI is InChI=1S/C12H14ClF2N3/c1-2-6-5-8(10(14)15)9(13)18-12(6)16-11(17-18)7-3-4-7/h5,7,10-11,17H,2-4H2,1H3. The Morgan fingerprint density at radius 3 is 2.83 bits per heavy atom. The van der Waals surface area contributed by atoms with Crippen molar-refractivity contribution in [3.63, 3.8) is 0 Å². The van der Waals surface area contributed by atoms with Gasteiger partial charge in [0.1, 0.15) is 17.2 Å². The summed E-state index contributed by atoms with van der Waals surface area (Å²) in [4.78, 5) is 4.57. The summed E-state index contributed by atoms with van der Waals surface area (Å²) in [6.45, 7) is 1.93. The molecule has 0 aromatic heterocycles. The number of allylic oxidation sites excluding steroid dienone is 2. The molecule has 1 unspecified atom stereocenters. The quantitative estimate of drug-likeness (QED) is 0.801. The van der Waals surface area contributed by atoms with Gasteiger partial charge in [-0.3, -0.25) is 0 Å². The highest BCUT2D eigenvalue weighted by molar-refractivity contribution is 6.32. The number of rotatable bonds is 3. The van der Waals surface area contributed by atoms with Gasteiger partial charge in [0, 0.05) is 0 Å². The summed E-state index contributed by atoms with van der Waals surface area (Å²) >= 11 is 6.03. The fourth-order valence-corrected chi connectivity index (χ4v) is 2.53. The van der Waals surface area contributed by atoms with E-state index in [4.69, 9.17) is 11.6 Å². The number of nitrogens with one attached hydrogen (secondary N) is 1. The van der Waals surface area contributed by atoms with Crippen molar-refractivity contribution in [1.82, 2.24) is 10.4 Å². The second-order valence-electron chi connectivity index (χ2n) is 4.77. The zero-order chi connectivity index (χ0) is 12.9. The number of alkyl halides is 2. The minimum Gasteiger partial charge on any atom is -0.246 e. The molecule has 3 aliphatic rings. The Morgan fingerprint density at radius 2 is 2.28 bits per heavy atom. The first-order valence-corrected chi connectivity index (χ1v) is 6.52. The summed E-state index contributed by atoms with van der Waals surface area (Å²) in [5, 5.41) is 1.56. The SMILES string of the molecule is CCC1=CC(C(F)F)=C(Cl)N2NC(C3CC3)N=C12. The average Bonchev–Trinajstić information content (AvgIpc) is 3.09. The number of hydrogen-bond acceptors (Lipinski definition) is 3. The van der Waals surface area contributed by atoms with E-state index in [1.165, 1.54) is 11.1 Å². The molecule has 18 heavy (non-hydrogen) atoms. The Bertz CT molecular complexity index is 466. The Labute approximate surface area is 109 Å². The summed E-state index contributed by atoms with van der Waals surface area (Å²) in [7, 11) is 0. The zero-order valence-electron chi connectivity index (χ0n) is 9.96. The largest absolute Gasteiger partial charge is 0.266 e. The molecule has 0 aromatic carbocycles. The van der Waals surface area contributed by atoms with Crippen molar-refractivity contribution in [2.24, 2.45) is 10.9 Å². The van der Waals surface area contributed by atoms with Crippen molar-refractivity contribution in [3.8, 4) is 0 Å². The van der Waals surface area contributed by atoms with Gasteiger partial charge in [-0.2, -0.15) is 0 Å². The van der Waals surface area contributed by atoms with Crippen molar-refractivity contribution in [1.29, 1.82) is 0 Å². The van der Waals surface area contributed by atoms with Crippen LogP contribution in [0.5, 0.6) is 0 Å². The highest BCUT2D eigenvalue weighted by Gasteiger charge is 2.40. The van der Waals surface area contributed by atoms with Crippen LogP contribution in [-0.4, -0.2) is 23.4 Å². The number of hydrazine groups is 1. The molecule has 0 amide bonds. The lowest BCUT2D eigenvalue weighted by Gasteiger charge is -2.27. The van der Waals surface area contributed by atoms with E-state index in [2.05, 4.69) is 10.4 Å². The van der Waals surface area contributed by atoms with Crippen LogP contribution in [0.2, 0.25) is 0 Å². The van der Waals surface area contributed by atoms with Crippen molar-refractivity contribution >= 4 is 17.4 Å². The molecule has 3 nitrogen and oxygen atoms in total. The first-order valence-electron chi connectivity index (χ1n) is 6.14. The van der Waals surface area contributed by atoms with E-state index in [9.17, 15) is 8.78 Å². The van der Waals surface area contributed by atoms with Crippen LogP contribution >= 0.6 is 11.6 Å². The molecule has 1 atom stereocenters. The Hall–Kier alpha value is -0.940. The van der Waals surface area contributed by atoms with Gasteiger partial charge < -0.3 is 0 Å². The first-order chi connectivity index (χ1) is 8.61. The fourth-order valence-electron chi connectivity index (χ4n) is 2.26. The second kappa shape index (κ2) is 4.31. The lowest BCUT2D eigenvalue weighted by molar-refractivity contribution is 0.189. The number of amidine groups is 1. The van der Waals surface area contributed by atoms with E-state index in [0.717, 1.165) is 18.4 Å². The summed E-state index contributed by atoms with van der Waals surface area (Å²) < 4.78 is 25.8. The van der Waals surface area contributed by atoms with Crippen molar-refractivity contribution in [2.45, 2.75) is 38.8 Å². The van der Waals surface area contributed by atoms with E-state index < -0.39 is 6.43 Å². The number of halogens is 3. The van der Waals surface area contributed by atoms with E-state index in [1.807, 2.05) is 6.92 Å². The third kappa shape index (κ3) is 1.86. The average molecular weight is 274 g/mol. The first kappa shape index (κ1) is 12.1. The van der Waals surface area contributed by atoms with Gasteiger partial charge in [-0.1, -0.05) is 18.5 Å². The van der Waals surface area contributed by atoms with Crippen LogP contribution in [0.3, 0.4) is 0 Å². The molecule has 98 valence electrons. The number of aliphatic imine (C=N–C) groups is 1. The third-order valence-corrected chi connectivity index (χ3v) is 3.86. The molecule has 2 aliphatic heterocycles. The maximum Gasteiger partial charge on any atom is 0.266 e. The Morgan fingerprint density at radius 1 is 1.56 bits per heavy atom. The van der Waals surface area contributed by atoms with E-state index >= 15 is 0 Å². The normalized spacial score (nSPS) is 27.6. The summed E-state index contributed by atoms with van der Waals surface area (Å²) in [6, 6.07) is 0. The predicted octanol–water partition coefficient (Wildman–Crippen LogP) is 3.01. The Kier molecular flexibility index (Phi) is 2.90. The molecule has 0 radical (unpaired) electrons. The van der Waals surface area contributed by atoms with Crippen LogP contribution in [0.1, 0.15) is 26.2 Å². The Balaban J connectivity index is 1.97. The minimum atomic E-state index is -2.57. The van der Waals surface area contributed by atoms with E-state index in [-0.39, 0.29) is 16.9 Å². The lowest BCUT2D eigenvalue weighted by atomic mass is 10.1. The molecule has 1 N–H and O–H groups in total. The highest BCUT2D eigenvalue weighted by atomic mass is 35.5. The maximum absolute atomic E-state index is 12.9. The number of fused-ring (bicyclic) bond motifs is 1. The molecule has 0 saturated heterocycles. The summed E-state index contributed by atoms with van der Waals surface area (Å²) in [5.41, 5.74) is 3.80. The molecule has 0 aromatic rings. The summed E-state index contributed by atoms with van der Waals surface area (Å²) in [6.07, 6.45) is 1.82. The molecule has 6 heteroatoms.